The molecule has 3 saturated heterocycles. The van der Waals surface area contributed by atoms with Gasteiger partial charge in [-0.3, -0.25) is 19.7 Å². The summed E-state index contributed by atoms with van der Waals surface area (Å²) in [5.74, 6) is 2.15. The molecule has 6 heterocycles. The number of aromatic nitrogens is 4. The molecule has 3 amide bonds. The molecular formula is C42H53N9O3. The third-order valence-electron chi connectivity index (χ3n) is 12.4. The number of rotatable bonds is 10. The van der Waals surface area contributed by atoms with Crippen LogP contribution in [0.5, 0.6) is 0 Å². The lowest BCUT2D eigenvalue weighted by atomic mass is 9.78. The maximum absolute atomic E-state index is 13.1. The van der Waals surface area contributed by atoms with Crippen molar-refractivity contribution in [3.05, 3.63) is 71.7 Å². The van der Waals surface area contributed by atoms with E-state index in [1.165, 1.54) is 49.8 Å². The van der Waals surface area contributed by atoms with E-state index in [9.17, 15) is 14.4 Å². The molecule has 12 heteroatoms. The number of nitrogens with one attached hydrogen (secondary N) is 2. The highest BCUT2D eigenvalue weighted by Crippen LogP contribution is 2.37. The van der Waals surface area contributed by atoms with Gasteiger partial charge < -0.3 is 24.6 Å². The van der Waals surface area contributed by atoms with Gasteiger partial charge in [0.05, 0.1) is 5.92 Å². The third kappa shape index (κ3) is 7.85. The molecule has 54 heavy (non-hydrogen) atoms. The van der Waals surface area contributed by atoms with Crippen LogP contribution >= 0.6 is 0 Å². The summed E-state index contributed by atoms with van der Waals surface area (Å²) in [5.41, 5.74) is 4.89. The monoisotopic (exact) mass is 731 g/mol. The molecule has 1 unspecified atom stereocenters. The molecule has 1 aromatic carbocycles. The average Bonchev–Trinajstić information content (AvgIpc) is 3.86. The molecule has 4 aliphatic rings. The first kappa shape index (κ1) is 36.2. The van der Waals surface area contributed by atoms with E-state index in [2.05, 4.69) is 54.2 Å². The minimum Gasteiger partial charge on any atom is -0.372 e. The molecule has 1 saturated carbocycles. The van der Waals surface area contributed by atoms with Gasteiger partial charge in [-0.1, -0.05) is 31.0 Å². The van der Waals surface area contributed by atoms with Crippen molar-refractivity contribution in [1.29, 1.82) is 0 Å². The standard InChI is InChI=1S/C42H53N9O3/c1-48(2)41(54)36-25-32-27-44-42(47-39(32)51(36)33-7-3-4-8-33)45-37-12-10-28(26-43-37)14-19-49-20-15-29(16-21-49)30-17-22-50(23-18-30)34-9-5-6-31(24-34)35-11-13-38(52)46-40(35)53/h5-6,9-10,12,24-27,29-30,33,35H,3-4,7-8,11,13-23H2,1-2H3,(H,46,52,53)(H,43,44,45,47). The Labute approximate surface area is 317 Å². The average molecular weight is 732 g/mol. The number of anilines is 3. The number of carbonyl (C=O) groups is 3. The molecule has 0 radical (unpaired) electrons. The Hall–Kier alpha value is -4.84. The van der Waals surface area contributed by atoms with Gasteiger partial charge in [0.15, 0.2) is 0 Å². The zero-order valence-electron chi connectivity index (χ0n) is 31.7. The van der Waals surface area contributed by atoms with Crippen molar-refractivity contribution in [3.63, 3.8) is 0 Å². The lowest BCUT2D eigenvalue weighted by molar-refractivity contribution is -0.134. The summed E-state index contributed by atoms with van der Waals surface area (Å²) in [4.78, 5) is 58.0. The van der Waals surface area contributed by atoms with Crippen LogP contribution in [0.2, 0.25) is 0 Å². The van der Waals surface area contributed by atoms with Gasteiger partial charge >= 0.3 is 0 Å². The molecule has 0 bridgehead atoms. The number of piperidine rings is 3. The molecule has 2 N–H and O–H groups in total. The number of likely N-dealkylation sites (tertiary alicyclic amines) is 1. The zero-order chi connectivity index (χ0) is 37.2. The molecular weight excluding hydrogens is 679 g/mol. The van der Waals surface area contributed by atoms with E-state index in [0.29, 0.717) is 30.3 Å². The van der Waals surface area contributed by atoms with E-state index in [-0.39, 0.29) is 29.7 Å². The fourth-order valence-corrected chi connectivity index (χ4v) is 9.27. The molecule has 4 fully saturated rings. The van der Waals surface area contributed by atoms with Gasteiger partial charge in [0.2, 0.25) is 17.8 Å². The fourth-order valence-electron chi connectivity index (χ4n) is 9.27. The van der Waals surface area contributed by atoms with Crippen molar-refractivity contribution < 1.29 is 14.4 Å². The quantitative estimate of drug-likeness (QED) is 0.187. The molecule has 8 rings (SSSR count). The van der Waals surface area contributed by atoms with Crippen LogP contribution in [-0.4, -0.2) is 93.9 Å². The van der Waals surface area contributed by atoms with Crippen molar-refractivity contribution in [3.8, 4) is 0 Å². The number of amides is 3. The predicted molar refractivity (Wildman–Crippen MR) is 210 cm³/mol. The van der Waals surface area contributed by atoms with Crippen molar-refractivity contribution in [1.82, 2.24) is 34.6 Å². The number of imide groups is 1. The summed E-state index contributed by atoms with van der Waals surface area (Å²) in [6, 6.07) is 14.7. The van der Waals surface area contributed by atoms with Crippen molar-refractivity contribution in [2.24, 2.45) is 11.8 Å². The Kier molecular flexibility index (Phi) is 10.6. The maximum Gasteiger partial charge on any atom is 0.270 e. The topological polar surface area (TPSA) is 129 Å². The zero-order valence-corrected chi connectivity index (χ0v) is 31.7. The summed E-state index contributed by atoms with van der Waals surface area (Å²) in [6.07, 6.45) is 15.1. The van der Waals surface area contributed by atoms with Gasteiger partial charge in [0.1, 0.15) is 17.2 Å². The van der Waals surface area contributed by atoms with E-state index in [0.717, 1.165) is 80.4 Å². The van der Waals surface area contributed by atoms with Crippen molar-refractivity contribution in [2.75, 3.05) is 57.0 Å². The fraction of sp³-hybridized carbons (Fsp3) is 0.524. The SMILES string of the molecule is CN(C)C(=O)c1cc2cnc(Nc3ccc(CCN4CCC(C5CCN(c6cccc(C7CCC(=O)NC7=O)c6)CC5)CC4)cn3)nc2n1C1CCCC1. The first-order valence-electron chi connectivity index (χ1n) is 20.0. The van der Waals surface area contributed by atoms with Crippen LogP contribution < -0.4 is 15.5 Å². The maximum atomic E-state index is 13.1. The Morgan fingerprint density at radius 1 is 0.889 bits per heavy atom. The van der Waals surface area contributed by atoms with Crippen LogP contribution in [0.15, 0.2) is 54.9 Å². The van der Waals surface area contributed by atoms with Crippen LogP contribution in [0.1, 0.15) is 97.8 Å². The van der Waals surface area contributed by atoms with Crippen molar-refractivity contribution >= 4 is 46.2 Å². The Morgan fingerprint density at radius 2 is 1.65 bits per heavy atom. The molecule has 0 spiro atoms. The summed E-state index contributed by atoms with van der Waals surface area (Å²) < 4.78 is 2.13. The lowest BCUT2D eigenvalue weighted by Gasteiger charge is -2.41. The van der Waals surface area contributed by atoms with Gasteiger partial charge in [0.25, 0.3) is 5.91 Å². The first-order chi connectivity index (χ1) is 26.3. The minimum absolute atomic E-state index is 0.0124. The molecule has 1 aliphatic carbocycles. The number of pyridine rings is 1. The van der Waals surface area contributed by atoms with Crippen molar-refractivity contribution in [2.45, 2.75) is 82.6 Å². The van der Waals surface area contributed by atoms with Crippen LogP contribution in [0, 0.1) is 11.8 Å². The van der Waals surface area contributed by atoms with E-state index < -0.39 is 0 Å². The van der Waals surface area contributed by atoms with E-state index in [1.807, 2.05) is 24.4 Å². The van der Waals surface area contributed by atoms with Crippen LogP contribution in [-0.2, 0) is 16.0 Å². The van der Waals surface area contributed by atoms with Crippen LogP contribution in [0.3, 0.4) is 0 Å². The number of nitrogens with zero attached hydrogens (tertiary/aromatic N) is 7. The molecule has 3 aromatic heterocycles. The number of carbonyl (C=O) groups excluding carboxylic acids is 3. The number of hydrogen-bond acceptors (Lipinski definition) is 9. The largest absolute Gasteiger partial charge is 0.372 e. The third-order valence-corrected chi connectivity index (χ3v) is 12.4. The van der Waals surface area contributed by atoms with Crippen LogP contribution in [0.4, 0.5) is 17.5 Å². The normalized spacial score (nSPS) is 20.8. The highest BCUT2D eigenvalue weighted by Gasteiger charge is 2.32. The molecule has 3 aliphatic heterocycles. The van der Waals surface area contributed by atoms with E-state index in [1.54, 1.807) is 25.2 Å². The summed E-state index contributed by atoms with van der Waals surface area (Å²) >= 11 is 0. The molecule has 284 valence electrons. The summed E-state index contributed by atoms with van der Waals surface area (Å²) in [5, 5.41) is 6.67. The summed E-state index contributed by atoms with van der Waals surface area (Å²) in [7, 11) is 3.58. The van der Waals surface area contributed by atoms with E-state index >= 15 is 0 Å². The number of benzene rings is 1. The van der Waals surface area contributed by atoms with Gasteiger partial charge in [-0.25, -0.2) is 9.97 Å². The van der Waals surface area contributed by atoms with E-state index in [4.69, 9.17) is 9.97 Å². The summed E-state index contributed by atoms with van der Waals surface area (Å²) in [6.45, 7) is 5.44. The molecule has 12 nitrogen and oxygen atoms in total. The molecule has 1 atom stereocenters. The second kappa shape index (κ2) is 15.9. The van der Waals surface area contributed by atoms with Gasteiger partial charge in [0, 0.05) is 69.7 Å². The minimum atomic E-state index is -0.239. The highest BCUT2D eigenvalue weighted by molar-refractivity contribution is 6.01. The Balaban J connectivity index is 0.800. The second-order valence-electron chi connectivity index (χ2n) is 16.0. The number of fused-ring (bicyclic) bond motifs is 1. The second-order valence-corrected chi connectivity index (χ2v) is 16.0. The molecule has 4 aromatic rings. The first-order valence-corrected chi connectivity index (χ1v) is 20.0. The van der Waals surface area contributed by atoms with Gasteiger partial charge in [-0.15, -0.1) is 0 Å². The smallest absolute Gasteiger partial charge is 0.270 e. The predicted octanol–water partition coefficient (Wildman–Crippen LogP) is 6.08. The van der Waals surface area contributed by atoms with Gasteiger partial charge in [-0.2, -0.15) is 4.98 Å². The lowest BCUT2D eigenvalue weighted by Crippen LogP contribution is -2.41. The highest BCUT2D eigenvalue weighted by atomic mass is 16.2. The number of hydrogen-bond donors (Lipinski definition) is 2. The van der Waals surface area contributed by atoms with Gasteiger partial charge in [-0.05, 0) is 112 Å². The Bertz CT molecular complexity index is 1970. The Morgan fingerprint density at radius 3 is 2.35 bits per heavy atom. The van der Waals surface area contributed by atoms with Crippen LogP contribution in [0.25, 0.3) is 11.0 Å².